The second kappa shape index (κ2) is 9.85. The predicted octanol–water partition coefficient (Wildman–Crippen LogP) is 2.29. The van der Waals surface area contributed by atoms with Crippen molar-refractivity contribution in [1.29, 1.82) is 0 Å². The van der Waals surface area contributed by atoms with Crippen LogP contribution in [0.2, 0.25) is 0 Å². The van der Waals surface area contributed by atoms with Crippen LogP contribution in [-0.2, 0) is 20.7 Å². The van der Waals surface area contributed by atoms with E-state index in [2.05, 4.69) is 14.7 Å². The van der Waals surface area contributed by atoms with Crippen LogP contribution in [0.3, 0.4) is 0 Å². The monoisotopic (exact) mass is 373 g/mol. The lowest BCUT2D eigenvalue weighted by Gasteiger charge is -2.24. The molecule has 7 nitrogen and oxygen atoms in total. The Balaban J connectivity index is 1.94. The molecule has 1 amide bonds. The molecule has 0 spiro atoms. The number of nitrogens with one attached hydrogen (secondary N) is 1. The molecule has 0 saturated carbocycles. The predicted molar refractivity (Wildman–Crippen MR) is 103 cm³/mol. The number of carbonyl (C=O) groups excluding carboxylic acids is 2. The smallest absolute Gasteiger partial charge is 0.307 e. The fourth-order valence-electron chi connectivity index (χ4n) is 2.91. The largest absolute Gasteiger partial charge is 0.469 e. The van der Waals surface area contributed by atoms with Crippen molar-refractivity contribution >= 4 is 22.8 Å². The lowest BCUT2D eigenvalue weighted by Crippen LogP contribution is -2.36. The Kier molecular flexibility index (Phi) is 7.52. The van der Waals surface area contributed by atoms with Crippen molar-refractivity contribution < 1.29 is 14.3 Å². The van der Waals surface area contributed by atoms with E-state index in [0.717, 1.165) is 0 Å². The summed E-state index contributed by atoms with van der Waals surface area (Å²) in [6.45, 7) is 5.01. The van der Waals surface area contributed by atoms with E-state index >= 15 is 0 Å². The lowest BCUT2D eigenvalue weighted by molar-refractivity contribution is -0.141. The molecule has 146 valence electrons. The van der Waals surface area contributed by atoms with Gasteiger partial charge >= 0.3 is 5.97 Å². The van der Waals surface area contributed by atoms with E-state index in [0.29, 0.717) is 55.0 Å². The Morgan fingerprint density at radius 2 is 1.96 bits per heavy atom. The normalized spacial score (nSPS) is 11.0. The van der Waals surface area contributed by atoms with Crippen molar-refractivity contribution in [2.75, 3.05) is 20.2 Å². The Hall–Kier alpha value is -2.70. The van der Waals surface area contributed by atoms with E-state index in [1.165, 1.54) is 7.11 Å². The molecular formula is C20H27N3O4. The summed E-state index contributed by atoms with van der Waals surface area (Å²) in [5.41, 5.74) is 0.489. The summed E-state index contributed by atoms with van der Waals surface area (Å²) in [4.78, 5) is 44.9. The third-order valence-electron chi connectivity index (χ3n) is 4.22. The number of methoxy groups -OCH3 is 1. The van der Waals surface area contributed by atoms with Crippen LogP contribution in [0.25, 0.3) is 10.9 Å². The molecule has 0 aliphatic heterocycles. The van der Waals surface area contributed by atoms with Crippen LogP contribution in [0.5, 0.6) is 0 Å². The van der Waals surface area contributed by atoms with Crippen molar-refractivity contribution in [3.05, 3.63) is 40.4 Å². The van der Waals surface area contributed by atoms with Crippen molar-refractivity contribution in [2.45, 2.75) is 39.5 Å². The van der Waals surface area contributed by atoms with Gasteiger partial charge in [-0.2, -0.15) is 0 Å². The zero-order valence-electron chi connectivity index (χ0n) is 16.2. The average Bonchev–Trinajstić information content (AvgIpc) is 2.64. The van der Waals surface area contributed by atoms with Crippen molar-refractivity contribution in [3.63, 3.8) is 0 Å². The summed E-state index contributed by atoms with van der Waals surface area (Å²) in [6.07, 6.45) is 1.62. The van der Waals surface area contributed by atoms with Crippen molar-refractivity contribution in [3.8, 4) is 0 Å². The van der Waals surface area contributed by atoms with Gasteiger partial charge in [-0.1, -0.05) is 26.0 Å². The van der Waals surface area contributed by atoms with E-state index < -0.39 is 0 Å². The van der Waals surface area contributed by atoms with Gasteiger partial charge in [0.25, 0.3) is 5.56 Å². The second-order valence-corrected chi connectivity index (χ2v) is 6.94. The van der Waals surface area contributed by atoms with Crippen molar-refractivity contribution in [1.82, 2.24) is 14.9 Å². The highest BCUT2D eigenvalue weighted by Gasteiger charge is 2.16. The molecule has 0 aliphatic rings. The first kappa shape index (κ1) is 20.6. The minimum absolute atomic E-state index is 0.00395. The summed E-state index contributed by atoms with van der Waals surface area (Å²) in [6, 6.07) is 7.18. The number of ether oxygens (including phenoxy) is 1. The number of rotatable bonds is 9. The first-order valence-electron chi connectivity index (χ1n) is 9.23. The van der Waals surface area contributed by atoms with E-state index in [9.17, 15) is 14.4 Å². The minimum atomic E-state index is -0.325. The van der Waals surface area contributed by atoms with E-state index in [-0.39, 0.29) is 23.9 Å². The number of hydrogen-bond acceptors (Lipinski definition) is 5. The topological polar surface area (TPSA) is 92.4 Å². The third-order valence-corrected chi connectivity index (χ3v) is 4.22. The van der Waals surface area contributed by atoms with Crippen LogP contribution in [0.4, 0.5) is 0 Å². The molecule has 0 saturated heterocycles. The van der Waals surface area contributed by atoms with Gasteiger partial charge in [0.1, 0.15) is 5.82 Å². The molecular weight excluding hydrogens is 346 g/mol. The molecule has 1 aromatic carbocycles. The number of carbonyl (C=O) groups is 2. The second-order valence-electron chi connectivity index (χ2n) is 6.94. The quantitative estimate of drug-likeness (QED) is 0.681. The highest BCUT2D eigenvalue weighted by Crippen LogP contribution is 2.09. The Morgan fingerprint density at radius 3 is 2.67 bits per heavy atom. The molecule has 0 aliphatic carbocycles. The number of aryl methyl sites for hydroxylation is 1. The average molecular weight is 373 g/mol. The van der Waals surface area contributed by atoms with Gasteiger partial charge in [-0.15, -0.1) is 0 Å². The van der Waals surface area contributed by atoms with Gasteiger partial charge in [0.15, 0.2) is 0 Å². The number of benzene rings is 1. The Morgan fingerprint density at radius 1 is 1.22 bits per heavy atom. The Bertz CT molecular complexity index is 844. The zero-order valence-corrected chi connectivity index (χ0v) is 16.2. The first-order chi connectivity index (χ1) is 12.9. The van der Waals surface area contributed by atoms with Crippen LogP contribution >= 0.6 is 0 Å². The molecule has 0 atom stereocenters. The number of fused-ring (bicyclic) bond motifs is 1. The molecule has 0 bridgehead atoms. The molecule has 1 aromatic heterocycles. The number of para-hydroxylation sites is 1. The molecule has 1 N–H and O–H groups in total. The van der Waals surface area contributed by atoms with E-state index in [1.54, 1.807) is 23.1 Å². The Labute approximate surface area is 158 Å². The van der Waals surface area contributed by atoms with Crippen LogP contribution in [0.1, 0.15) is 38.9 Å². The van der Waals surface area contributed by atoms with Crippen LogP contribution < -0.4 is 5.56 Å². The molecule has 2 rings (SSSR count). The van der Waals surface area contributed by atoms with Crippen LogP contribution in [-0.4, -0.2) is 46.9 Å². The first-order valence-corrected chi connectivity index (χ1v) is 9.23. The number of aromatic nitrogens is 2. The van der Waals surface area contributed by atoms with Gasteiger partial charge < -0.3 is 14.6 Å². The molecule has 0 radical (unpaired) electrons. The summed E-state index contributed by atoms with van der Waals surface area (Å²) >= 11 is 0. The number of amides is 1. The molecule has 0 fully saturated rings. The minimum Gasteiger partial charge on any atom is -0.469 e. The van der Waals surface area contributed by atoms with Gasteiger partial charge in [-0.3, -0.25) is 14.4 Å². The molecule has 27 heavy (non-hydrogen) atoms. The van der Waals surface area contributed by atoms with Gasteiger partial charge in [0.05, 0.1) is 24.4 Å². The van der Waals surface area contributed by atoms with E-state index in [1.807, 2.05) is 19.9 Å². The van der Waals surface area contributed by atoms with Gasteiger partial charge in [-0.05, 0) is 24.5 Å². The maximum Gasteiger partial charge on any atom is 0.307 e. The van der Waals surface area contributed by atoms with Gasteiger partial charge in [0, 0.05) is 25.9 Å². The van der Waals surface area contributed by atoms with Crippen LogP contribution in [0, 0.1) is 5.92 Å². The SMILES string of the molecule is COC(=O)CCN(CC(C)C)C(=O)CCCc1nc2ccccc2c(=O)[nH]1. The highest BCUT2D eigenvalue weighted by molar-refractivity contribution is 5.78. The van der Waals surface area contributed by atoms with Crippen molar-refractivity contribution in [2.24, 2.45) is 5.92 Å². The highest BCUT2D eigenvalue weighted by atomic mass is 16.5. The van der Waals surface area contributed by atoms with Crippen LogP contribution in [0.15, 0.2) is 29.1 Å². The summed E-state index contributed by atoms with van der Waals surface area (Å²) in [7, 11) is 1.34. The number of hydrogen-bond donors (Lipinski definition) is 1. The number of nitrogens with zero attached hydrogens (tertiary/aromatic N) is 2. The standard InChI is InChI=1S/C20H27N3O4/c1-14(2)13-23(12-11-19(25)27-3)18(24)10-6-9-17-21-16-8-5-4-7-15(16)20(26)22-17/h4-5,7-8,14H,6,9-13H2,1-3H3,(H,21,22,26). The van der Waals surface area contributed by atoms with Gasteiger partial charge in [-0.25, -0.2) is 4.98 Å². The fraction of sp³-hybridized carbons (Fsp3) is 0.500. The maximum atomic E-state index is 12.5. The number of aromatic amines is 1. The molecule has 1 heterocycles. The molecule has 7 heteroatoms. The summed E-state index contributed by atoms with van der Waals surface area (Å²) < 4.78 is 4.65. The number of H-pyrrole nitrogens is 1. The van der Waals surface area contributed by atoms with Gasteiger partial charge in [0.2, 0.25) is 5.91 Å². The lowest BCUT2D eigenvalue weighted by atomic mass is 10.1. The fourth-order valence-corrected chi connectivity index (χ4v) is 2.91. The zero-order chi connectivity index (χ0) is 19.8. The summed E-state index contributed by atoms with van der Waals surface area (Å²) in [5.74, 6) is 0.562. The number of esters is 1. The maximum absolute atomic E-state index is 12.5. The third kappa shape index (κ3) is 6.20. The molecule has 2 aromatic rings. The summed E-state index contributed by atoms with van der Waals surface area (Å²) in [5, 5.41) is 0.559. The molecule has 0 unspecified atom stereocenters. The van der Waals surface area contributed by atoms with E-state index in [4.69, 9.17) is 0 Å².